The fourth-order valence-electron chi connectivity index (χ4n) is 7.63. The first kappa shape index (κ1) is 39.2. The molecule has 4 aromatic rings. The number of para-hydroxylation sites is 1. The average Bonchev–Trinajstić information content (AvgIpc) is 3.52. The molecular weight excluding hydrogens is 728 g/mol. The zero-order valence-electron chi connectivity index (χ0n) is 31.4. The van der Waals surface area contributed by atoms with Crippen molar-refractivity contribution in [2.45, 2.75) is 95.7 Å². The SMILES string of the molecule is CC(=O)N1CCCCCN(C)C(=O)c2cc(S(=O)(=O)NC(=O)c3cc4ccccc4n3CCCOc3cc(C)c(Cl)c(C)c3)ccc2O[C@H]2CCCC[C@H]21. The minimum absolute atomic E-state index is 0.00794. The Bertz CT molecular complexity index is 2130. The second kappa shape index (κ2) is 16.9. The molecule has 288 valence electrons. The summed E-state index contributed by atoms with van der Waals surface area (Å²) in [4.78, 5) is 43.7. The maximum Gasteiger partial charge on any atom is 0.281 e. The molecule has 1 fully saturated rings. The predicted octanol–water partition coefficient (Wildman–Crippen LogP) is 7.29. The molecule has 1 aromatic heterocycles. The summed E-state index contributed by atoms with van der Waals surface area (Å²) in [6.45, 7) is 7.25. The highest BCUT2D eigenvalue weighted by Gasteiger charge is 2.35. The molecule has 1 aliphatic carbocycles. The van der Waals surface area contributed by atoms with Gasteiger partial charge in [-0.3, -0.25) is 14.4 Å². The molecule has 1 aliphatic heterocycles. The standard InChI is InChI=1S/C41H49ClN4O7S/c1-27-23-31(24-28(2)39(27)42)52-22-12-21-46-34-14-7-6-13-30(34)25-36(46)40(48)43-54(50,51)32-17-18-37-33(26-32)41(49)44(4)19-10-5-11-20-45(29(3)47)35-15-8-9-16-38(35)53-37/h6-7,13-14,17-18,23-26,35,38H,5,8-12,15-16,19-22H2,1-4H3,(H,43,48)/t35-,38+/m1/s1. The third kappa shape index (κ3) is 8.70. The molecule has 3 amide bonds. The molecule has 0 saturated heterocycles. The molecule has 54 heavy (non-hydrogen) atoms. The van der Waals surface area contributed by atoms with Gasteiger partial charge in [0.1, 0.15) is 23.3 Å². The minimum Gasteiger partial charge on any atom is -0.494 e. The predicted molar refractivity (Wildman–Crippen MR) is 209 cm³/mol. The van der Waals surface area contributed by atoms with Crippen LogP contribution in [0.2, 0.25) is 5.02 Å². The maximum absolute atomic E-state index is 13.9. The number of nitrogens with one attached hydrogen (secondary N) is 1. The number of hydrogen-bond donors (Lipinski definition) is 1. The average molecular weight is 777 g/mol. The van der Waals surface area contributed by atoms with Crippen molar-refractivity contribution in [2.24, 2.45) is 0 Å². The number of hydrogen-bond acceptors (Lipinski definition) is 7. The number of carbonyl (C=O) groups excluding carboxylic acids is 3. The third-order valence-corrected chi connectivity index (χ3v) is 12.4. The van der Waals surface area contributed by atoms with Crippen LogP contribution in [0.5, 0.6) is 11.5 Å². The highest BCUT2D eigenvalue weighted by molar-refractivity contribution is 7.90. The maximum atomic E-state index is 13.9. The number of halogens is 1. The van der Waals surface area contributed by atoms with Gasteiger partial charge < -0.3 is 23.8 Å². The fraction of sp³-hybridized carbons (Fsp3) is 0.439. The lowest BCUT2D eigenvalue weighted by atomic mass is 9.90. The van der Waals surface area contributed by atoms with Gasteiger partial charge in [-0.15, -0.1) is 0 Å². The van der Waals surface area contributed by atoms with Gasteiger partial charge in [-0.25, -0.2) is 13.1 Å². The van der Waals surface area contributed by atoms with Crippen molar-refractivity contribution in [3.8, 4) is 11.5 Å². The molecular formula is C41H49ClN4O7S. The molecule has 0 spiro atoms. The van der Waals surface area contributed by atoms with E-state index in [1.54, 1.807) is 29.5 Å². The molecule has 0 radical (unpaired) electrons. The van der Waals surface area contributed by atoms with Gasteiger partial charge in [0.25, 0.3) is 21.8 Å². The Kier molecular flexibility index (Phi) is 12.2. The van der Waals surface area contributed by atoms with E-state index in [0.29, 0.717) is 49.9 Å². The number of aryl methyl sites for hydroxylation is 3. The Morgan fingerprint density at radius 2 is 1.67 bits per heavy atom. The van der Waals surface area contributed by atoms with Gasteiger partial charge in [-0.05, 0) is 112 Å². The van der Waals surface area contributed by atoms with Gasteiger partial charge in [0.2, 0.25) is 5.91 Å². The molecule has 1 saturated carbocycles. The number of carbonyl (C=O) groups is 3. The Morgan fingerprint density at radius 3 is 2.43 bits per heavy atom. The normalized spacial score (nSPS) is 18.4. The van der Waals surface area contributed by atoms with Gasteiger partial charge in [0.05, 0.1) is 23.1 Å². The molecule has 2 heterocycles. The molecule has 1 N–H and O–H groups in total. The van der Waals surface area contributed by atoms with Crippen LogP contribution in [0.3, 0.4) is 0 Å². The lowest BCUT2D eigenvalue weighted by Crippen LogP contribution is -2.50. The lowest BCUT2D eigenvalue weighted by molar-refractivity contribution is -0.134. The van der Waals surface area contributed by atoms with E-state index in [1.807, 2.05) is 55.1 Å². The zero-order valence-corrected chi connectivity index (χ0v) is 33.0. The first-order valence-electron chi connectivity index (χ1n) is 18.7. The number of nitrogens with zero attached hydrogens (tertiary/aromatic N) is 3. The largest absolute Gasteiger partial charge is 0.494 e. The van der Waals surface area contributed by atoms with Crippen molar-refractivity contribution in [3.05, 3.63) is 88.1 Å². The van der Waals surface area contributed by atoms with E-state index in [2.05, 4.69) is 4.72 Å². The van der Waals surface area contributed by atoms with Gasteiger partial charge >= 0.3 is 0 Å². The number of amides is 3. The van der Waals surface area contributed by atoms with Gasteiger partial charge in [-0.2, -0.15) is 0 Å². The summed E-state index contributed by atoms with van der Waals surface area (Å²) in [5, 5.41) is 1.49. The highest BCUT2D eigenvalue weighted by atomic mass is 35.5. The van der Waals surface area contributed by atoms with Crippen molar-refractivity contribution in [1.82, 2.24) is 19.1 Å². The summed E-state index contributed by atoms with van der Waals surface area (Å²) >= 11 is 6.31. The van der Waals surface area contributed by atoms with Gasteiger partial charge in [0.15, 0.2) is 0 Å². The van der Waals surface area contributed by atoms with Gasteiger partial charge in [-0.1, -0.05) is 36.2 Å². The Morgan fingerprint density at radius 1 is 0.944 bits per heavy atom. The summed E-state index contributed by atoms with van der Waals surface area (Å²) in [6, 6.07) is 16.9. The van der Waals surface area contributed by atoms with Crippen LogP contribution in [0, 0.1) is 13.8 Å². The molecule has 13 heteroatoms. The minimum atomic E-state index is -4.44. The highest BCUT2D eigenvalue weighted by Crippen LogP contribution is 2.32. The van der Waals surface area contributed by atoms with Crippen LogP contribution in [-0.2, 0) is 21.4 Å². The van der Waals surface area contributed by atoms with Crippen molar-refractivity contribution in [1.29, 1.82) is 0 Å². The Balaban J connectivity index is 1.25. The van der Waals surface area contributed by atoms with Gasteiger partial charge in [0, 0.05) is 49.5 Å². The van der Waals surface area contributed by atoms with Crippen LogP contribution in [0.25, 0.3) is 10.9 Å². The molecule has 2 atom stereocenters. The first-order chi connectivity index (χ1) is 25.8. The topological polar surface area (TPSA) is 127 Å². The molecule has 6 rings (SSSR count). The third-order valence-electron chi connectivity index (χ3n) is 10.5. The van der Waals surface area contributed by atoms with E-state index < -0.39 is 15.9 Å². The van der Waals surface area contributed by atoms with E-state index in [0.717, 1.165) is 60.6 Å². The van der Waals surface area contributed by atoms with Crippen LogP contribution >= 0.6 is 11.6 Å². The van der Waals surface area contributed by atoms with E-state index >= 15 is 0 Å². The molecule has 2 aliphatic rings. The Hall–Kier alpha value is -4.55. The molecule has 0 bridgehead atoms. The summed E-state index contributed by atoms with van der Waals surface area (Å²) in [6.07, 6.45) is 5.94. The summed E-state index contributed by atoms with van der Waals surface area (Å²) in [5.41, 5.74) is 2.89. The Labute approximate surface area is 322 Å². The smallest absolute Gasteiger partial charge is 0.281 e. The van der Waals surface area contributed by atoms with Crippen LogP contribution in [0.4, 0.5) is 0 Å². The van der Waals surface area contributed by atoms with Crippen LogP contribution in [0.15, 0.2) is 65.6 Å². The van der Waals surface area contributed by atoms with Crippen molar-refractivity contribution < 1.29 is 32.3 Å². The van der Waals surface area contributed by atoms with E-state index in [9.17, 15) is 22.8 Å². The van der Waals surface area contributed by atoms with Crippen molar-refractivity contribution >= 4 is 50.2 Å². The summed E-state index contributed by atoms with van der Waals surface area (Å²) in [7, 11) is -2.75. The number of rotatable bonds is 8. The van der Waals surface area contributed by atoms with Crippen LogP contribution in [0.1, 0.15) is 90.3 Å². The number of aromatic nitrogens is 1. The second-order valence-corrected chi connectivity index (χ2v) is 16.5. The van der Waals surface area contributed by atoms with E-state index in [-0.39, 0.29) is 45.9 Å². The van der Waals surface area contributed by atoms with E-state index in [4.69, 9.17) is 21.1 Å². The second-order valence-electron chi connectivity index (χ2n) is 14.4. The molecule has 0 unspecified atom stereocenters. The summed E-state index contributed by atoms with van der Waals surface area (Å²) in [5.74, 6) is -0.232. The number of sulfonamides is 1. The van der Waals surface area contributed by atoms with Crippen molar-refractivity contribution in [3.63, 3.8) is 0 Å². The van der Waals surface area contributed by atoms with Crippen molar-refractivity contribution in [2.75, 3.05) is 26.7 Å². The van der Waals surface area contributed by atoms with Crippen LogP contribution < -0.4 is 14.2 Å². The van der Waals surface area contributed by atoms with E-state index in [1.165, 1.54) is 18.2 Å². The zero-order chi connectivity index (χ0) is 38.6. The fourth-order valence-corrected chi connectivity index (χ4v) is 8.72. The monoisotopic (exact) mass is 776 g/mol. The number of fused-ring (bicyclic) bond motifs is 3. The summed E-state index contributed by atoms with van der Waals surface area (Å²) < 4.78 is 44.4. The van der Waals surface area contributed by atoms with Crippen LogP contribution in [-0.4, -0.2) is 79.4 Å². The first-order valence-corrected chi connectivity index (χ1v) is 20.6. The lowest BCUT2D eigenvalue weighted by Gasteiger charge is -2.39. The number of benzene rings is 3. The quantitative estimate of drug-likeness (QED) is 0.186. The number of ether oxygens (including phenoxy) is 2. The molecule has 11 nitrogen and oxygen atoms in total. The molecule has 3 aromatic carbocycles.